The van der Waals surface area contributed by atoms with Gasteiger partial charge < -0.3 is 0 Å². The molecule has 3 aromatic rings. The van der Waals surface area contributed by atoms with E-state index in [1.54, 1.807) is 22.3 Å². The monoisotopic (exact) mass is 286 g/mol. The summed E-state index contributed by atoms with van der Waals surface area (Å²) in [5.74, 6) is 0. The minimum Gasteiger partial charge on any atom is -0.187 e. The smallest absolute Gasteiger partial charge is 0.187 e. The fraction of sp³-hybridized carbons (Fsp3) is 0.286. The first-order valence-corrected chi connectivity index (χ1v) is 8.45. The number of rotatable bonds is 2. The van der Waals surface area contributed by atoms with Crippen LogP contribution in [0.5, 0.6) is 0 Å². The van der Waals surface area contributed by atoms with Crippen LogP contribution in [0.2, 0.25) is 0 Å². The van der Waals surface area contributed by atoms with Gasteiger partial charge in [0.15, 0.2) is 6.54 Å². The second kappa shape index (κ2) is 4.42. The van der Waals surface area contributed by atoms with E-state index in [2.05, 4.69) is 54.0 Å². The lowest BCUT2D eigenvalue weighted by Crippen LogP contribution is -2.35. The van der Waals surface area contributed by atoms with E-state index in [-0.39, 0.29) is 0 Å². The van der Waals surface area contributed by atoms with Crippen LogP contribution in [0.1, 0.15) is 35.6 Å². The number of nitrogens with zero attached hydrogens (tertiary/aromatic N) is 1. The van der Waals surface area contributed by atoms with Crippen molar-refractivity contribution in [1.29, 1.82) is 0 Å². The molecule has 1 aliphatic heterocycles. The minimum absolute atomic E-state index is 1.04. The Morgan fingerprint density at radius 1 is 1.00 bits per heavy atom. The lowest BCUT2D eigenvalue weighted by atomic mass is 9.83. The highest BCUT2D eigenvalue weighted by molar-refractivity contribution is 5.83. The number of pyridine rings is 1. The Balaban J connectivity index is 1.87. The molecule has 0 bridgehead atoms. The Labute approximate surface area is 131 Å². The number of aryl methyl sites for hydroxylation is 2. The van der Waals surface area contributed by atoms with Crippen LogP contribution in [-0.2, 0) is 25.8 Å². The molecular formula is C21H20N+. The van der Waals surface area contributed by atoms with Gasteiger partial charge in [-0.2, -0.15) is 4.57 Å². The van der Waals surface area contributed by atoms with E-state index in [4.69, 9.17) is 0 Å². The first-order chi connectivity index (χ1) is 10.9. The highest BCUT2D eigenvalue weighted by Gasteiger charge is 2.36. The summed E-state index contributed by atoms with van der Waals surface area (Å²) < 4.78 is 2.55. The van der Waals surface area contributed by atoms with Crippen LogP contribution in [0.25, 0.3) is 22.2 Å². The fourth-order valence-corrected chi connectivity index (χ4v) is 4.44. The lowest BCUT2D eigenvalue weighted by molar-refractivity contribution is -0.646. The third-order valence-corrected chi connectivity index (χ3v) is 5.36. The van der Waals surface area contributed by atoms with Crippen LogP contribution in [-0.4, -0.2) is 0 Å². The fourth-order valence-electron chi connectivity index (χ4n) is 4.44. The van der Waals surface area contributed by atoms with Gasteiger partial charge in [-0.3, -0.25) is 0 Å². The van der Waals surface area contributed by atoms with Gasteiger partial charge in [-0.05, 0) is 42.5 Å². The van der Waals surface area contributed by atoms with Crippen molar-refractivity contribution >= 4 is 10.9 Å². The van der Waals surface area contributed by atoms with Gasteiger partial charge in [0.2, 0.25) is 11.2 Å². The molecular weight excluding hydrogens is 266 g/mol. The second-order valence-corrected chi connectivity index (χ2v) is 6.65. The van der Waals surface area contributed by atoms with Gasteiger partial charge in [-0.1, -0.05) is 37.6 Å². The average Bonchev–Trinajstić information content (AvgIpc) is 2.95. The topological polar surface area (TPSA) is 3.88 Å². The quantitative estimate of drug-likeness (QED) is 0.486. The van der Waals surface area contributed by atoms with Crippen LogP contribution < -0.4 is 4.57 Å². The Hall–Kier alpha value is -2.15. The molecule has 0 N–H and O–H groups in total. The zero-order valence-electron chi connectivity index (χ0n) is 13.0. The summed E-state index contributed by atoms with van der Waals surface area (Å²) in [6, 6.07) is 16.0. The Kier molecular flexibility index (Phi) is 2.49. The number of hydrogen-bond acceptors (Lipinski definition) is 0. The third kappa shape index (κ3) is 1.51. The normalized spacial score (nSPS) is 14.4. The molecule has 2 aliphatic rings. The Morgan fingerprint density at radius 2 is 1.91 bits per heavy atom. The molecule has 1 nitrogen and oxygen atoms in total. The number of benzene rings is 2. The molecule has 2 aromatic carbocycles. The van der Waals surface area contributed by atoms with Gasteiger partial charge in [-0.25, -0.2) is 0 Å². The van der Waals surface area contributed by atoms with Crippen LogP contribution in [0.4, 0.5) is 0 Å². The predicted octanol–water partition coefficient (Wildman–Crippen LogP) is 4.21. The van der Waals surface area contributed by atoms with Crippen molar-refractivity contribution in [3.05, 3.63) is 64.7 Å². The third-order valence-electron chi connectivity index (χ3n) is 5.36. The summed E-state index contributed by atoms with van der Waals surface area (Å²) in [6.45, 7) is 3.32. The molecule has 0 spiro atoms. The summed E-state index contributed by atoms with van der Waals surface area (Å²) in [7, 11) is 0. The van der Waals surface area contributed by atoms with Crippen molar-refractivity contribution < 1.29 is 4.57 Å². The maximum atomic E-state index is 2.55. The molecule has 1 heteroatoms. The highest BCUT2D eigenvalue weighted by atomic mass is 15.0. The SMILES string of the molecule is CCCc1ccc2c3c1CCc1cc4ccccc4[n+](c1-3)C2. The first kappa shape index (κ1) is 12.4. The summed E-state index contributed by atoms with van der Waals surface area (Å²) in [4.78, 5) is 0. The van der Waals surface area contributed by atoms with E-state index < -0.39 is 0 Å². The van der Waals surface area contributed by atoms with Crippen molar-refractivity contribution in [2.45, 2.75) is 39.2 Å². The van der Waals surface area contributed by atoms with Crippen molar-refractivity contribution in [3.63, 3.8) is 0 Å². The van der Waals surface area contributed by atoms with E-state index in [0.717, 1.165) is 6.54 Å². The molecule has 22 heavy (non-hydrogen) atoms. The van der Waals surface area contributed by atoms with E-state index in [9.17, 15) is 0 Å². The molecule has 0 fully saturated rings. The molecule has 108 valence electrons. The molecule has 0 saturated heterocycles. The van der Waals surface area contributed by atoms with Gasteiger partial charge in [0.1, 0.15) is 0 Å². The van der Waals surface area contributed by atoms with Crippen LogP contribution >= 0.6 is 0 Å². The summed E-state index contributed by atoms with van der Waals surface area (Å²) in [5.41, 5.74) is 10.7. The summed E-state index contributed by atoms with van der Waals surface area (Å²) in [6.07, 6.45) is 4.85. The molecule has 0 saturated carbocycles. The summed E-state index contributed by atoms with van der Waals surface area (Å²) >= 11 is 0. The van der Waals surface area contributed by atoms with Crippen molar-refractivity contribution in [2.24, 2.45) is 0 Å². The van der Waals surface area contributed by atoms with Crippen molar-refractivity contribution in [1.82, 2.24) is 0 Å². The van der Waals surface area contributed by atoms with Crippen molar-refractivity contribution in [3.8, 4) is 11.3 Å². The molecule has 0 unspecified atom stereocenters. The largest absolute Gasteiger partial charge is 0.217 e. The number of para-hydroxylation sites is 1. The summed E-state index contributed by atoms with van der Waals surface area (Å²) in [5, 5.41) is 1.38. The molecule has 5 rings (SSSR count). The van der Waals surface area contributed by atoms with Crippen LogP contribution in [0, 0.1) is 0 Å². The van der Waals surface area contributed by atoms with Crippen LogP contribution in [0.3, 0.4) is 0 Å². The molecule has 2 heterocycles. The Bertz CT molecular complexity index is 921. The zero-order valence-corrected chi connectivity index (χ0v) is 13.0. The molecule has 1 aromatic heterocycles. The number of hydrogen-bond donors (Lipinski definition) is 0. The Morgan fingerprint density at radius 3 is 2.82 bits per heavy atom. The van der Waals surface area contributed by atoms with E-state index >= 15 is 0 Å². The highest BCUT2D eigenvalue weighted by Crippen LogP contribution is 2.40. The van der Waals surface area contributed by atoms with Gasteiger partial charge in [0.05, 0.1) is 5.56 Å². The van der Waals surface area contributed by atoms with Gasteiger partial charge in [-0.15, -0.1) is 0 Å². The van der Waals surface area contributed by atoms with Gasteiger partial charge >= 0.3 is 0 Å². The maximum Gasteiger partial charge on any atom is 0.217 e. The molecule has 0 atom stereocenters. The van der Waals surface area contributed by atoms with Crippen LogP contribution in [0.15, 0.2) is 42.5 Å². The first-order valence-electron chi connectivity index (χ1n) is 8.45. The zero-order chi connectivity index (χ0) is 14.7. The lowest BCUT2D eigenvalue weighted by Gasteiger charge is -2.18. The average molecular weight is 286 g/mol. The molecule has 0 amide bonds. The van der Waals surface area contributed by atoms with E-state index in [1.165, 1.54) is 47.8 Å². The van der Waals surface area contributed by atoms with Gasteiger partial charge in [0, 0.05) is 22.6 Å². The predicted molar refractivity (Wildman–Crippen MR) is 90.1 cm³/mol. The molecule has 0 radical (unpaired) electrons. The maximum absolute atomic E-state index is 2.55. The van der Waals surface area contributed by atoms with Gasteiger partial charge in [0.25, 0.3) is 0 Å². The van der Waals surface area contributed by atoms with Crippen molar-refractivity contribution in [2.75, 3.05) is 0 Å². The van der Waals surface area contributed by atoms with E-state index in [1.807, 2.05) is 0 Å². The van der Waals surface area contributed by atoms with E-state index in [0.29, 0.717) is 0 Å². The minimum atomic E-state index is 1.04. The standard InChI is InChI=1S/C21H20N/c1-2-5-14-8-9-17-13-22-19-7-4-3-6-15(19)12-16-10-11-18(14)20(17)21(16)22/h3-4,6-9,12H,2,5,10-11,13H2,1H3/q+1. The second-order valence-electron chi connectivity index (χ2n) is 6.65. The number of aromatic nitrogens is 1. The molecule has 1 aliphatic carbocycles. The number of fused-ring (bicyclic) bond motifs is 2.